The van der Waals surface area contributed by atoms with Crippen LogP contribution in [0.5, 0.6) is 0 Å². The van der Waals surface area contributed by atoms with Gasteiger partial charge in [-0.15, -0.1) is 0 Å². The molecule has 0 aliphatic carbocycles. The lowest BCUT2D eigenvalue weighted by molar-refractivity contribution is 0.0578. The summed E-state index contributed by atoms with van der Waals surface area (Å²) in [5, 5.41) is 5.84. The first-order valence-corrected chi connectivity index (χ1v) is 10.9. The van der Waals surface area contributed by atoms with Crippen molar-refractivity contribution in [3.05, 3.63) is 46.6 Å². The fraction of sp³-hybridized carbons (Fsp3) is 0.333. The maximum atomic E-state index is 11.9. The average molecular weight is 455 g/mol. The number of esters is 1. The highest BCUT2D eigenvalue weighted by Crippen LogP contribution is 2.43. The van der Waals surface area contributed by atoms with E-state index < -0.39 is 5.97 Å². The second kappa shape index (κ2) is 8.24. The molecular formula is C21H21N5O5S. The average Bonchev–Trinajstić information content (AvgIpc) is 3.45. The van der Waals surface area contributed by atoms with Crippen LogP contribution in [0.2, 0.25) is 0 Å². The monoisotopic (exact) mass is 455 g/mol. The first-order chi connectivity index (χ1) is 15.6. The van der Waals surface area contributed by atoms with Gasteiger partial charge < -0.3 is 24.1 Å². The summed E-state index contributed by atoms with van der Waals surface area (Å²) in [6.07, 6.45) is 2.32. The molecule has 2 aromatic heterocycles. The number of hydrogen-bond acceptors (Lipinski definition) is 9. The zero-order valence-corrected chi connectivity index (χ0v) is 18.3. The molecule has 2 amide bonds. The molecule has 2 aliphatic heterocycles. The lowest BCUT2D eigenvalue weighted by atomic mass is 9.97. The van der Waals surface area contributed by atoms with E-state index in [2.05, 4.69) is 25.5 Å². The molecule has 2 atom stereocenters. The summed E-state index contributed by atoms with van der Waals surface area (Å²) in [6, 6.07) is 7.13. The molecule has 10 nitrogen and oxygen atoms in total. The number of rotatable bonds is 4. The first-order valence-electron chi connectivity index (χ1n) is 10.1. The Morgan fingerprint density at radius 2 is 2.19 bits per heavy atom. The minimum atomic E-state index is -0.409. The topological polar surface area (TPSA) is 119 Å². The van der Waals surface area contributed by atoms with Crippen LogP contribution in [0.25, 0.3) is 11.3 Å². The summed E-state index contributed by atoms with van der Waals surface area (Å²) in [4.78, 5) is 35.8. The minimum Gasteiger partial charge on any atom is -0.465 e. The van der Waals surface area contributed by atoms with E-state index in [1.165, 1.54) is 18.4 Å². The number of anilines is 2. The lowest BCUT2D eigenvalue weighted by Crippen LogP contribution is -2.51. The van der Waals surface area contributed by atoms with Gasteiger partial charge in [0.05, 0.1) is 54.7 Å². The van der Waals surface area contributed by atoms with Crippen LogP contribution < -0.4 is 15.5 Å². The van der Waals surface area contributed by atoms with Crippen molar-refractivity contribution in [3.8, 4) is 11.3 Å². The number of nitrogens with zero attached hydrogens (tertiary/aromatic N) is 3. The number of aromatic nitrogens is 2. The van der Waals surface area contributed by atoms with Gasteiger partial charge in [0, 0.05) is 19.0 Å². The highest BCUT2D eigenvalue weighted by Gasteiger charge is 2.42. The molecule has 5 rings (SSSR count). The van der Waals surface area contributed by atoms with Crippen LogP contribution in [0.4, 0.5) is 15.9 Å². The molecular weight excluding hydrogens is 434 g/mol. The number of fused-ring (bicyclic) bond motifs is 4. The van der Waals surface area contributed by atoms with E-state index in [4.69, 9.17) is 13.9 Å². The Bertz CT molecular complexity index is 1180. The van der Waals surface area contributed by atoms with Crippen molar-refractivity contribution in [1.82, 2.24) is 15.3 Å². The second-order valence-corrected chi connectivity index (χ2v) is 8.46. The number of morpholine rings is 1. The van der Waals surface area contributed by atoms with E-state index in [0.717, 1.165) is 16.1 Å². The predicted octanol–water partition coefficient (Wildman–Crippen LogP) is 2.84. The molecule has 0 radical (unpaired) electrons. The van der Waals surface area contributed by atoms with Gasteiger partial charge in [0.25, 0.3) is 6.01 Å². The molecule has 11 heteroatoms. The molecule has 2 N–H and O–H groups in total. The van der Waals surface area contributed by atoms with Crippen molar-refractivity contribution in [3.63, 3.8) is 0 Å². The van der Waals surface area contributed by atoms with Crippen LogP contribution in [0.1, 0.15) is 27.0 Å². The van der Waals surface area contributed by atoms with Crippen molar-refractivity contribution < 1.29 is 23.5 Å². The number of benzene rings is 1. The first kappa shape index (κ1) is 20.5. The van der Waals surface area contributed by atoms with Gasteiger partial charge in [-0.2, -0.15) is 0 Å². The molecule has 0 unspecified atom stereocenters. The van der Waals surface area contributed by atoms with Gasteiger partial charge in [0.15, 0.2) is 10.9 Å². The highest BCUT2D eigenvalue weighted by atomic mass is 32.1. The maximum absolute atomic E-state index is 11.9. The zero-order chi connectivity index (χ0) is 22.2. The van der Waals surface area contributed by atoms with Crippen LogP contribution >= 0.6 is 11.3 Å². The summed E-state index contributed by atoms with van der Waals surface area (Å²) in [7, 11) is 2.91. The van der Waals surface area contributed by atoms with Gasteiger partial charge >= 0.3 is 12.0 Å². The van der Waals surface area contributed by atoms with Crippen LogP contribution in [0.15, 0.2) is 34.9 Å². The number of nitrogens with one attached hydrogen (secondary N) is 2. The standard InChI is InChI=1S/C21H21N5O5S/c1-22-19(28)25-20-24-14-7-13-9-30-10-15(17(14)32-20)26(13)21-23-8-16(31-21)11-4-3-5-12(6-11)18(27)29-2/h3-6,8,13,15H,7,9-10H2,1-2H3,(H2,22,24,25,28)/t13-,15-/m0/s1. The smallest absolute Gasteiger partial charge is 0.337 e. The zero-order valence-electron chi connectivity index (χ0n) is 17.5. The van der Waals surface area contributed by atoms with E-state index in [-0.39, 0.29) is 18.1 Å². The van der Waals surface area contributed by atoms with E-state index in [1.54, 1.807) is 31.4 Å². The molecule has 2 aliphatic rings. The minimum absolute atomic E-state index is 0.0177. The molecule has 1 fully saturated rings. The van der Waals surface area contributed by atoms with E-state index in [9.17, 15) is 9.59 Å². The van der Waals surface area contributed by atoms with Crippen LogP contribution in [0, 0.1) is 0 Å². The summed E-state index contributed by atoms with van der Waals surface area (Å²) in [5.41, 5.74) is 2.14. The van der Waals surface area contributed by atoms with Gasteiger partial charge in [-0.05, 0) is 12.1 Å². The van der Waals surface area contributed by atoms with Crippen molar-refractivity contribution in [2.24, 2.45) is 0 Å². The Morgan fingerprint density at radius 1 is 1.31 bits per heavy atom. The third-order valence-corrected chi connectivity index (χ3v) is 6.62. The number of carbonyl (C=O) groups is 2. The Labute approximate surface area is 187 Å². The number of thiazole rings is 1. The van der Waals surface area contributed by atoms with Crippen LogP contribution in [-0.4, -0.2) is 55.4 Å². The number of hydrogen-bond donors (Lipinski definition) is 2. The summed E-state index contributed by atoms with van der Waals surface area (Å²) in [6.45, 7) is 1.00. The van der Waals surface area contributed by atoms with Crippen molar-refractivity contribution in [1.29, 1.82) is 0 Å². The molecule has 32 heavy (non-hydrogen) atoms. The van der Waals surface area contributed by atoms with Crippen molar-refractivity contribution >= 4 is 34.5 Å². The van der Waals surface area contributed by atoms with Gasteiger partial charge in [0.1, 0.15) is 0 Å². The molecule has 166 valence electrons. The number of carbonyl (C=O) groups excluding carboxylic acids is 2. The highest BCUT2D eigenvalue weighted by molar-refractivity contribution is 7.16. The normalized spacial score (nSPS) is 19.2. The fourth-order valence-electron chi connectivity index (χ4n) is 4.02. The van der Waals surface area contributed by atoms with Crippen molar-refractivity contribution in [2.75, 3.05) is 37.6 Å². The number of oxazole rings is 1. The van der Waals surface area contributed by atoms with E-state index in [1.807, 2.05) is 6.07 Å². The predicted molar refractivity (Wildman–Crippen MR) is 117 cm³/mol. The second-order valence-electron chi connectivity index (χ2n) is 7.43. The Morgan fingerprint density at radius 3 is 3.00 bits per heavy atom. The van der Waals surface area contributed by atoms with Crippen LogP contribution in [-0.2, 0) is 15.9 Å². The summed E-state index contributed by atoms with van der Waals surface area (Å²) in [5.74, 6) is 0.148. The number of urea groups is 1. The van der Waals surface area contributed by atoms with E-state index >= 15 is 0 Å². The van der Waals surface area contributed by atoms with Gasteiger partial charge in [-0.3, -0.25) is 5.32 Å². The Hall–Kier alpha value is -3.44. The molecule has 2 bridgehead atoms. The number of ether oxygens (including phenoxy) is 2. The number of methoxy groups -OCH3 is 1. The van der Waals surface area contributed by atoms with Gasteiger partial charge in [-0.1, -0.05) is 23.5 Å². The third-order valence-electron chi connectivity index (χ3n) is 5.50. The summed E-state index contributed by atoms with van der Waals surface area (Å²) < 4.78 is 16.8. The third kappa shape index (κ3) is 3.59. The molecule has 3 aromatic rings. The molecule has 0 spiro atoms. The largest absolute Gasteiger partial charge is 0.465 e. The Balaban J connectivity index is 1.44. The molecule has 1 aromatic carbocycles. The molecule has 0 saturated carbocycles. The SMILES string of the molecule is CNC(=O)Nc1nc2c(s1)[C@@H]1COC[C@H](C2)N1c1ncc(-c2cccc(C(=O)OC)c2)o1. The van der Waals surface area contributed by atoms with Crippen molar-refractivity contribution in [2.45, 2.75) is 18.5 Å². The number of amides is 2. The van der Waals surface area contributed by atoms with E-state index in [0.29, 0.717) is 42.1 Å². The molecule has 1 saturated heterocycles. The van der Waals surface area contributed by atoms with Gasteiger partial charge in [0.2, 0.25) is 0 Å². The lowest BCUT2D eigenvalue weighted by Gasteiger charge is -2.43. The van der Waals surface area contributed by atoms with Gasteiger partial charge in [-0.25, -0.2) is 19.6 Å². The fourth-order valence-corrected chi connectivity index (χ4v) is 5.09. The van der Waals surface area contributed by atoms with Crippen LogP contribution in [0.3, 0.4) is 0 Å². The maximum Gasteiger partial charge on any atom is 0.337 e. The quantitative estimate of drug-likeness (QED) is 0.577. The summed E-state index contributed by atoms with van der Waals surface area (Å²) >= 11 is 1.43. The Kier molecular flexibility index (Phi) is 5.27. The molecule has 4 heterocycles.